The van der Waals surface area contributed by atoms with Crippen LogP contribution in [0.15, 0.2) is 48.5 Å². The molecule has 2 aromatic carbocycles. The molecule has 0 saturated heterocycles. The molecule has 1 unspecified atom stereocenters. The molecular weight excluding hydrogens is 358 g/mol. The summed E-state index contributed by atoms with van der Waals surface area (Å²) in [5, 5.41) is 0. The second kappa shape index (κ2) is 9.99. The van der Waals surface area contributed by atoms with Gasteiger partial charge in [-0.15, -0.1) is 0 Å². The number of carbonyl (C=O) groups excluding carboxylic acids is 1. The number of hydrogen-bond donors (Lipinski definition) is 0. The Bertz CT molecular complexity index is 762. The lowest BCUT2D eigenvalue weighted by molar-refractivity contribution is -0.147. The molecule has 0 bridgehead atoms. The third kappa shape index (κ3) is 5.16. The van der Waals surface area contributed by atoms with Crippen LogP contribution in [0.1, 0.15) is 20.3 Å². The third-order valence-corrected chi connectivity index (χ3v) is 4.50. The Hall–Kier alpha value is -2.73. The van der Waals surface area contributed by atoms with Crippen LogP contribution < -0.4 is 19.1 Å². The Labute approximate surface area is 166 Å². The summed E-state index contributed by atoms with van der Waals surface area (Å²) in [6, 6.07) is 15.1. The van der Waals surface area contributed by atoms with Crippen LogP contribution in [0.2, 0.25) is 0 Å². The Kier molecular flexibility index (Phi) is 7.14. The highest BCUT2D eigenvalue weighted by Gasteiger charge is 2.19. The van der Waals surface area contributed by atoms with Gasteiger partial charge in [0.25, 0.3) is 0 Å². The van der Waals surface area contributed by atoms with E-state index in [4.69, 9.17) is 18.9 Å². The fourth-order valence-electron chi connectivity index (χ4n) is 3.07. The number of para-hydroxylation sites is 2. The van der Waals surface area contributed by atoms with Gasteiger partial charge >= 0.3 is 5.97 Å². The number of anilines is 1. The fraction of sp³-hybridized carbons (Fsp3) is 0.409. The van der Waals surface area contributed by atoms with Crippen LogP contribution in [0.25, 0.3) is 0 Å². The molecule has 1 heterocycles. The maximum absolute atomic E-state index is 12.1. The summed E-state index contributed by atoms with van der Waals surface area (Å²) >= 11 is 0. The van der Waals surface area contributed by atoms with Crippen molar-refractivity contribution in [3.63, 3.8) is 0 Å². The van der Waals surface area contributed by atoms with Crippen molar-refractivity contribution in [3.05, 3.63) is 48.5 Å². The maximum atomic E-state index is 12.1. The summed E-state index contributed by atoms with van der Waals surface area (Å²) < 4.78 is 22.3. The largest absolute Gasteiger partial charge is 0.492 e. The summed E-state index contributed by atoms with van der Waals surface area (Å²) in [6.45, 7) is 7.07. The fourth-order valence-corrected chi connectivity index (χ4v) is 3.07. The molecule has 0 fully saturated rings. The first-order valence-corrected chi connectivity index (χ1v) is 9.74. The van der Waals surface area contributed by atoms with Crippen LogP contribution in [-0.2, 0) is 9.53 Å². The summed E-state index contributed by atoms with van der Waals surface area (Å²) in [7, 11) is 0. The lowest BCUT2D eigenvalue weighted by Gasteiger charge is -2.31. The van der Waals surface area contributed by atoms with Crippen LogP contribution in [0, 0.1) is 0 Å². The van der Waals surface area contributed by atoms with Crippen molar-refractivity contribution in [2.75, 3.05) is 37.8 Å². The maximum Gasteiger partial charge on any atom is 0.340 e. The highest BCUT2D eigenvalue weighted by molar-refractivity contribution is 5.77. The lowest BCUT2D eigenvalue weighted by Crippen LogP contribution is -2.35. The van der Waals surface area contributed by atoms with E-state index in [9.17, 15) is 4.79 Å². The van der Waals surface area contributed by atoms with Crippen LogP contribution in [0.4, 0.5) is 5.69 Å². The van der Waals surface area contributed by atoms with Gasteiger partial charge in [0, 0.05) is 6.61 Å². The van der Waals surface area contributed by atoms with Crippen molar-refractivity contribution in [3.8, 4) is 17.2 Å². The van der Waals surface area contributed by atoms with Gasteiger partial charge in [-0.2, -0.15) is 0 Å². The van der Waals surface area contributed by atoms with Gasteiger partial charge in [0.05, 0.1) is 18.8 Å². The van der Waals surface area contributed by atoms with Crippen molar-refractivity contribution >= 4 is 11.7 Å². The molecule has 6 nitrogen and oxygen atoms in total. The highest BCUT2D eigenvalue weighted by Crippen LogP contribution is 2.30. The molecular formula is C22H27NO5. The first-order chi connectivity index (χ1) is 13.7. The average molecular weight is 385 g/mol. The van der Waals surface area contributed by atoms with E-state index in [-0.39, 0.29) is 5.97 Å². The van der Waals surface area contributed by atoms with E-state index in [0.717, 1.165) is 30.3 Å². The summed E-state index contributed by atoms with van der Waals surface area (Å²) in [5.74, 6) is 1.76. The van der Waals surface area contributed by atoms with Gasteiger partial charge in [-0.1, -0.05) is 19.1 Å². The number of carbonyl (C=O) groups is 1. The van der Waals surface area contributed by atoms with E-state index < -0.39 is 6.10 Å². The van der Waals surface area contributed by atoms with Crippen LogP contribution in [0.5, 0.6) is 17.2 Å². The predicted octanol–water partition coefficient (Wildman–Crippen LogP) is 3.68. The third-order valence-electron chi connectivity index (χ3n) is 4.50. The molecule has 1 aliphatic heterocycles. The van der Waals surface area contributed by atoms with Gasteiger partial charge in [0.1, 0.15) is 30.5 Å². The minimum Gasteiger partial charge on any atom is -0.492 e. The number of benzene rings is 2. The molecule has 6 heteroatoms. The van der Waals surface area contributed by atoms with E-state index >= 15 is 0 Å². The van der Waals surface area contributed by atoms with Gasteiger partial charge in [-0.05, 0) is 49.7 Å². The monoisotopic (exact) mass is 385 g/mol. The number of rotatable bonds is 9. The first-order valence-electron chi connectivity index (χ1n) is 9.74. The topological polar surface area (TPSA) is 57.2 Å². The first kappa shape index (κ1) is 20.0. The number of nitrogens with zero attached hydrogens (tertiary/aromatic N) is 1. The van der Waals surface area contributed by atoms with Crippen molar-refractivity contribution in [1.29, 1.82) is 0 Å². The Morgan fingerprint density at radius 1 is 1.11 bits per heavy atom. The molecule has 0 N–H and O–H groups in total. The summed E-state index contributed by atoms with van der Waals surface area (Å²) in [4.78, 5) is 14.3. The molecule has 0 radical (unpaired) electrons. The molecule has 0 spiro atoms. The zero-order chi connectivity index (χ0) is 19.8. The van der Waals surface area contributed by atoms with E-state index in [1.807, 2.05) is 32.0 Å². The molecule has 1 aliphatic rings. The summed E-state index contributed by atoms with van der Waals surface area (Å²) in [6.07, 6.45) is 0.0516. The van der Waals surface area contributed by atoms with Gasteiger partial charge in [-0.3, -0.25) is 0 Å². The zero-order valence-electron chi connectivity index (χ0n) is 16.4. The Morgan fingerprint density at radius 2 is 1.86 bits per heavy atom. The standard InChI is InChI=1S/C22H27NO5/c1-3-20(25-4-2)22(24)28-18-11-9-17(10-12-18)26-15-13-23-14-16-27-21-8-6-5-7-19(21)23/h5-12,20H,3-4,13-16H2,1-2H3. The highest BCUT2D eigenvalue weighted by atomic mass is 16.6. The van der Waals surface area contributed by atoms with Crippen LogP contribution in [0.3, 0.4) is 0 Å². The van der Waals surface area contributed by atoms with Crippen molar-refractivity contribution in [2.24, 2.45) is 0 Å². The number of hydrogen-bond acceptors (Lipinski definition) is 6. The van der Waals surface area contributed by atoms with E-state index in [1.165, 1.54) is 0 Å². The number of fused-ring (bicyclic) bond motifs is 1. The molecule has 28 heavy (non-hydrogen) atoms. The van der Waals surface area contributed by atoms with Gasteiger partial charge < -0.3 is 23.8 Å². The smallest absolute Gasteiger partial charge is 0.340 e. The number of esters is 1. The average Bonchev–Trinajstić information content (AvgIpc) is 2.73. The van der Waals surface area contributed by atoms with Crippen molar-refractivity contribution < 1.29 is 23.7 Å². The van der Waals surface area contributed by atoms with E-state index in [2.05, 4.69) is 11.0 Å². The lowest BCUT2D eigenvalue weighted by atomic mass is 10.2. The molecule has 0 amide bonds. The minimum atomic E-state index is -0.530. The Balaban J connectivity index is 1.48. The Morgan fingerprint density at radius 3 is 2.61 bits per heavy atom. The van der Waals surface area contributed by atoms with E-state index in [0.29, 0.717) is 32.0 Å². The normalized spacial score (nSPS) is 14.0. The van der Waals surface area contributed by atoms with Gasteiger partial charge in [-0.25, -0.2) is 4.79 Å². The summed E-state index contributed by atoms with van der Waals surface area (Å²) in [5.41, 5.74) is 1.10. The molecule has 0 aliphatic carbocycles. The minimum absolute atomic E-state index is 0.371. The van der Waals surface area contributed by atoms with Gasteiger partial charge in [0.15, 0.2) is 6.10 Å². The second-order valence-electron chi connectivity index (χ2n) is 6.40. The molecule has 1 atom stereocenters. The van der Waals surface area contributed by atoms with Crippen LogP contribution in [-0.4, -0.2) is 45.0 Å². The number of ether oxygens (including phenoxy) is 4. The second-order valence-corrected chi connectivity index (χ2v) is 6.40. The van der Waals surface area contributed by atoms with E-state index in [1.54, 1.807) is 24.3 Å². The molecule has 0 saturated carbocycles. The van der Waals surface area contributed by atoms with Crippen molar-refractivity contribution in [2.45, 2.75) is 26.4 Å². The van der Waals surface area contributed by atoms with Crippen LogP contribution >= 0.6 is 0 Å². The quantitative estimate of drug-likeness (QED) is 0.485. The predicted molar refractivity (Wildman–Crippen MR) is 107 cm³/mol. The van der Waals surface area contributed by atoms with Crippen molar-refractivity contribution in [1.82, 2.24) is 0 Å². The zero-order valence-corrected chi connectivity index (χ0v) is 16.4. The molecule has 0 aromatic heterocycles. The molecule has 3 rings (SSSR count). The SMILES string of the molecule is CCOC(CC)C(=O)Oc1ccc(OCCN2CCOc3ccccc32)cc1. The molecule has 2 aromatic rings. The van der Waals surface area contributed by atoms with Gasteiger partial charge in [0.2, 0.25) is 0 Å². The molecule has 150 valence electrons.